The molecule has 1 aromatic rings. The molecule has 128 valence electrons. The molecular weight excluding hydrogens is 303 g/mol. The van der Waals surface area contributed by atoms with Crippen LogP contribution in [0.5, 0.6) is 5.75 Å². The van der Waals surface area contributed by atoms with Crippen LogP contribution in [-0.2, 0) is 6.54 Å². The number of hydrogen-bond donors (Lipinski definition) is 2. The monoisotopic (exact) mass is 326 g/mol. The third-order valence-corrected chi connectivity index (χ3v) is 3.81. The molecule has 1 aliphatic rings. The van der Waals surface area contributed by atoms with E-state index < -0.39 is 17.5 Å². The van der Waals surface area contributed by atoms with Crippen LogP contribution in [0, 0.1) is 5.82 Å². The van der Waals surface area contributed by atoms with E-state index in [4.69, 9.17) is 9.84 Å². The number of aliphatic hydroxyl groups is 1. The zero-order valence-corrected chi connectivity index (χ0v) is 13.5. The Labute approximate surface area is 135 Å². The van der Waals surface area contributed by atoms with E-state index in [-0.39, 0.29) is 12.4 Å². The molecule has 0 aromatic heterocycles. The van der Waals surface area contributed by atoms with Crippen LogP contribution in [0.1, 0.15) is 19.4 Å². The molecule has 0 unspecified atom stereocenters. The van der Waals surface area contributed by atoms with Gasteiger partial charge < -0.3 is 19.8 Å². The molecule has 1 aliphatic heterocycles. The van der Waals surface area contributed by atoms with E-state index in [0.717, 1.165) is 5.56 Å². The molecule has 2 rings (SSSR count). The number of piperazine rings is 1. The summed E-state index contributed by atoms with van der Waals surface area (Å²) in [5.41, 5.74) is -0.0318. The molecule has 0 aliphatic carbocycles. The van der Waals surface area contributed by atoms with E-state index in [1.165, 1.54) is 11.0 Å². The summed E-state index contributed by atoms with van der Waals surface area (Å²) in [6.07, 6.45) is -0.899. The molecule has 2 N–H and O–H groups in total. The fraction of sp³-hybridized carbons (Fsp3) is 0.562. The van der Waals surface area contributed by atoms with Gasteiger partial charge in [0.15, 0.2) is 11.6 Å². The molecule has 1 fully saturated rings. The molecule has 0 radical (unpaired) electrons. The largest absolute Gasteiger partial charge is 0.482 e. The van der Waals surface area contributed by atoms with Gasteiger partial charge in [0.1, 0.15) is 5.60 Å². The van der Waals surface area contributed by atoms with Crippen molar-refractivity contribution < 1.29 is 24.1 Å². The van der Waals surface area contributed by atoms with Crippen molar-refractivity contribution in [2.45, 2.75) is 26.0 Å². The first-order chi connectivity index (χ1) is 10.8. The highest BCUT2D eigenvalue weighted by Crippen LogP contribution is 2.24. The molecular formula is C16H23FN2O4. The van der Waals surface area contributed by atoms with Crippen LogP contribution in [-0.4, -0.2) is 64.5 Å². The second-order valence-electron chi connectivity index (χ2n) is 6.33. The second kappa shape index (κ2) is 7.14. The van der Waals surface area contributed by atoms with E-state index in [0.29, 0.717) is 32.7 Å². The summed E-state index contributed by atoms with van der Waals surface area (Å²) in [5.74, 6) is -0.350. The zero-order chi connectivity index (χ0) is 17.0. The number of hydrogen-bond acceptors (Lipinski definition) is 4. The van der Waals surface area contributed by atoms with Gasteiger partial charge in [0.25, 0.3) is 0 Å². The first kappa shape index (κ1) is 17.5. The Morgan fingerprint density at radius 2 is 1.96 bits per heavy atom. The first-order valence-corrected chi connectivity index (χ1v) is 7.59. The maximum Gasteiger partial charge on any atom is 0.407 e. The van der Waals surface area contributed by atoms with E-state index in [1.54, 1.807) is 26.0 Å². The number of carboxylic acid groups (broad SMARTS) is 1. The predicted octanol–water partition coefficient (Wildman–Crippen LogP) is 1.77. The maximum atomic E-state index is 14.1. The van der Waals surface area contributed by atoms with Crippen molar-refractivity contribution in [2.75, 3.05) is 32.8 Å². The first-order valence-electron chi connectivity index (χ1n) is 7.59. The molecule has 1 heterocycles. The molecule has 7 heteroatoms. The van der Waals surface area contributed by atoms with Crippen LogP contribution in [0.2, 0.25) is 0 Å². The van der Waals surface area contributed by atoms with Gasteiger partial charge in [0.2, 0.25) is 0 Å². The van der Waals surface area contributed by atoms with Crippen molar-refractivity contribution >= 4 is 6.09 Å². The van der Waals surface area contributed by atoms with Gasteiger partial charge in [-0.05, 0) is 31.5 Å². The normalized spacial score (nSPS) is 16.4. The summed E-state index contributed by atoms with van der Waals surface area (Å²) >= 11 is 0. The smallest absolute Gasteiger partial charge is 0.407 e. The number of ether oxygens (including phenoxy) is 1. The third kappa shape index (κ3) is 4.80. The highest BCUT2D eigenvalue weighted by atomic mass is 19.1. The van der Waals surface area contributed by atoms with Crippen molar-refractivity contribution in [1.82, 2.24) is 9.80 Å². The van der Waals surface area contributed by atoms with Gasteiger partial charge in [-0.2, -0.15) is 0 Å². The molecule has 1 aromatic carbocycles. The summed E-state index contributed by atoms with van der Waals surface area (Å²) in [5, 5.41) is 18.1. The molecule has 23 heavy (non-hydrogen) atoms. The van der Waals surface area contributed by atoms with Gasteiger partial charge in [-0.25, -0.2) is 9.18 Å². The Morgan fingerprint density at radius 1 is 1.30 bits per heavy atom. The van der Waals surface area contributed by atoms with E-state index >= 15 is 0 Å². The van der Waals surface area contributed by atoms with Gasteiger partial charge in [-0.3, -0.25) is 4.90 Å². The minimum Gasteiger partial charge on any atom is -0.482 e. The molecule has 0 saturated carbocycles. The number of benzene rings is 1. The topological polar surface area (TPSA) is 73.2 Å². The van der Waals surface area contributed by atoms with Gasteiger partial charge in [-0.15, -0.1) is 0 Å². The van der Waals surface area contributed by atoms with Crippen molar-refractivity contribution in [3.05, 3.63) is 29.6 Å². The van der Waals surface area contributed by atoms with Gasteiger partial charge in [0, 0.05) is 32.7 Å². The zero-order valence-electron chi connectivity index (χ0n) is 13.5. The Hall–Kier alpha value is -1.86. The number of aliphatic hydroxyl groups excluding tert-OH is 1. The van der Waals surface area contributed by atoms with Gasteiger partial charge in [0.05, 0.1) is 6.61 Å². The van der Waals surface area contributed by atoms with Crippen LogP contribution < -0.4 is 4.74 Å². The lowest BCUT2D eigenvalue weighted by Crippen LogP contribution is -2.47. The minimum absolute atomic E-state index is 0.114. The highest BCUT2D eigenvalue weighted by Gasteiger charge is 2.22. The molecule has 1 amide bonds. The molecule has 1 saturated heterocycles. The van der Waals surface area contributed by atoms with Crippen molar-refractivity contribution in [3.8, 4) is 5.75 Å². The molecule has 6 nitrogen and oxygen atoms in total. The molecule has 0 bridgehead atoms. The lowest BCUT2D eigenvalue weighted by molar-refractivity contribution is 0.0379. The minimum atomic E-state index is -0.899. The Morgan fingerprint density at radius 3 is 2.48 bits per heavy atom. The Balaban J connectivity index is 1.95. The van der Waals surface area contributed by atoms with Crippen molar-refractivity contribution in [2.24, 2.45) is 0 Å². The average molecular weight is 326 g/mol. The van der Waals surface area contributed by atoms with Gasteiger partial charge in [-0.1, -0.05) is 6.07 Å². The fourth-order valence-corrected chi connectivity index (χ4v) is 2.41. The summed E-state index contributed by atoms with van der Waals surface area (Å²) in [6.45, 7) is 5.90. The van der Waals surface area contributed by atoms with Crippen molar-refractivity contribution in [3.63, 3.8) is 0 Å². The van der Waals surface area contributed by atoms with Crippen LogP contribution in [0.15, 0.2) is 18.2 Å². The number of rotatable bonds is 5. The lowest BCUT2D eigenvalue weighted by atomic mass is 10.1. The Bertz CT molecular complexity index is 557. The summed E-state index contributed by atoms with van der Waals surface area (Å²) in [6, 6.07) is 4.78. The van der Waals surface area contributed by atoms with Crippen LogP contribution in [0.25, 0.3) is 0 Å². The predicted molar refractivity (Wildman–Crippen MR) is 83.1 cm³/mol. The standard InChI is InChI=1S/C16H23FN2O4/c1-16(2,11-20)23-14-4-3-12(9-13(14)17)10-18-5-7-19(8-6-18)15(21)22/h3-4,9,20H,5-8,10-11H2,1-2H3,(H,21,22). The lowest BCUT2D eigenvalue weighted by Gasteiger charge is -2.33. The number of amides is 1. The van der Waals surface area contributed by atoms with Gasteiger partial charge >= 0.3 is 6.09 Å². The summed E-state index contributed by atoms with van der Waals surface area (Å²) in [7, 11) is 0. The van der Waals surface area contributed by atoms with Crippen molar-refractivity contribution in [1.29, 1.82) is 0 Å². The number of nitrogens with zero attached hydrogens (tertiary/aromatic N) is 2. The SMILES string of the molecule is CC(C)(CO)Oc1ccc(CN2CCN(C(=O)O)CC2)cc1F. The van der Waals surface area contributed by atoms with Crippen LogP contribution in [0.3, 0.4) is 0 Å². The van der Waals surface area contributed by atoms with Crippen LogP contribution in [0.4, 0.5) is 9.18 Å². The quantitative estimate of drug-likeness (QED) is 0.863. The number of carbonyl (C=O) groups is 1. The second-order valence-corrected chi connectivity index (χ2v) is 6.33. The molecule has 0 atom stereocenters. The third-order valence-electron chi connectivity index (χ3n) is 3.81. The maximum absolute atomic E-state index is 14.1. The van der Waals surface area contributed by atoms with E-state index in [9.17, 15) is 14.3 Å². The fourth-order valence-electron chi connectivity index (χ4n) is 2.41. The summed E-state index contributed by atoms with van der Waals surface area (Å²) < 4.78 is 19.6. The highest BCUT2D eigenvalue weighted by molar-refractivity contribution is 5.65. The van der Waals surface area contributed by atoms with E-state index in [2.05, 4.69) is 4.90 Å². The van der Waals surface area contributed by atoms with Crippen LogP contribution >= 0.6 is 0 Å². The molecule has 0 spiro atoms. The summed E-state index contributed by atoms with van der Waals surface area (Å²) in [4.78, 5) is 14.3. The Kier molecular flexibility index (Phi) is 5.43. The van der Waals surface area contributed by atoms with E-state index in [1.807, 2.05) is 0 Å². The average Bonchev–Trinajstić information content (AvgIpc) is 2.50. The number of halogens is 1.